The molecular weight excluding hydrogens is 616 g/mol. The first kappa shape index (κ1) is 40.6. The van der Waals surface area contributed by atoms with Crippen molar-refractivity contribution in [3.8, 4) is 0 Å². The highest BCUT2D eigenvalue weighted by atomic mass is 16.7. The lowest BCUT2D eigenvalue weighted by Gasteiger charge is -2.38. The lowest BCUT2D eigenvalue weighted by molar-refractivity contribution is -0.253. The molecule has 0 spiro atoms. The third kappa shape index (κ3) is 16.7. The van der Waals surface area contributed by atoms with E-state index in [9.17, 15) is 14.7 Å². The summed E-state index contributed by atoms with van der Waals surface area (Å²) in [7, 11) is 0. The van der Waals surface area contributed by atoms with Crippen LogP contribution >= 0.6 is 0 Å². The van der Waals surface area contributed by atoms with Crippen LogP contribution in [0.15, 0.2) is 48.5 Å². The largest absolute Gasteiger partial charge is 0.481 e. The van der Waals surface area contributed by atoms with Gasteiger partial charge in [0.05, 0.1) is 18.8 Å². The van der Waals surface area contributed by atoms with Crippen molar-refractivity contribution in [2.24, 2.45) is 0 Å². The number of aliphatic hydroxyl groups excluding tert-OH is 1. The van der Waals surface area contributed by atoms with E-state index in [1.54, 1.807) is 0 Å². The van der Waals surface area contributed by atoms with Gasteiger partial charge in [-0.25, -0.2) is 0 Å². The summed E-state index contributed by atoms with van der Waals surface area (Å²) >= 11 is 0. The van der Waals surface area contributed by atoms with Gasteiger partial charge in [0.25, 0.3) is 0 Å². The number of amides is 1. The fourth-order valence-corrected chi connectivity index (χ4v) is 6.57. The Hall–Kier alpha value is -2.78. The summed E-state index contributed by atoms with van der Waals surface area (Å²) in [5.74, 6) is -0.888. The van der Waals surface area contributed by atoms with Gasteiger partial charge in [-0.1, -0.05) is 121 Å². The molecule has 3 atom stereocenters. The van der Waals surface area contributed by atoms with Gasteiger partial charge in [0.1, 0.15) is 0 Å². The van der Waals surface area contributed by atoms with E-state index in [0.29, 0.717) is 31.4 Å². The van der Waals surface area contributed by atoms with E-state index >= 15 is 0 Å². The molecule has 0 unspecified atom stereocenters. The Balaban J connectivity index is 1.70. The average molecular weight is 681 g/mol. The average Bonchev–Trinajstić information content (AvgIpc) is 3.10. The second-order valence-corrected chi connectivity index (χ2v) is 13.8. The lowest BCUT2D eigenvalue weighted by Crippen LogP contribution is -2.40. The Morgan fingerprint density at radius 3 is 2.00 bits per heavy atom. The van der Waals surface area contributed by atoms with E-state index in [2.05, 4.69) is 24.1 Å². The van der Waals surface area contributed by atoms with Crippen molar-refractivity contribution < 1.29 is 29.3 Å². The van der Waals surface area contributed by atoms with Crippen molar-refractivity contribution in [2.45, 2.75) is 155 Å². The highest BCUT2D eigenvalue weighted by Crippen LogP contribution is 2.39. The van der Waals surface area contributed by atoms with Crippen LogP contribution in [0, 0.1) is 0 Å². The lowest BCUT2D eigenvalue weighted by atomic mass is 9.99. The van der Waals surface area contributed by atoms with Crippen LogP contribution in [0.5, 0.6) is 0 Å². The number of nitrogens with one attached hydrogen (secondary N) is 1. The molecule has 1 saturated heterocycles. The van der Waals surface area contributed by atoms with E-state index in [1.807, 2.05) is 48.5 Å². The van der Waals surface area contributed by atoms with E-state index in [-0.39, 0.29) is 31.1 Å². The van der Waals surface area contributed by atoms with Crippen LogP contribution in [0.2, 0.25) is 0 Å². The number of aliphatic carboxylic acids is 1. The molecule has 49 heavy (non-hydrogen) atoms. The number of hydrogen-bond acceptors (Lipinski definition) is 6. The third-order valence-electron chi connectivity index (χ3n) is 9.47. The van der Waals surface area contributed by atoms with Crippen molar-refractivity contribution in [1.82, 2.24) is 4.90 Å². The number of carbonyl (C=O) groups excluding carboxylic acids is 1. The van der Waals surface area contributed by atoms with Gasteiger partial charge in [-0.3, -0.25) is 9.59 Å². The topological polar surface area (TPSA) is 108 Å². The number of carbonyl (C=O) groups is 2. The Bertz CT molecular complexity index is 1170. The Kier molecular flexibility index (Phi) is 20.2. The number of carboxylic acids is 1. The number of rotatable bonds is 26. The number of benzene rings is 2. The molecule has 274 valence electrons. The van der Waals surface area contributed by atoms with E-state index in [1.165, 1.54) is 77.0 Å². The number of ether oxygens (including phenoxy) is 2. The predicted octanol–water partition coefficient (Wildman–Crippen LogP) is 9.72. The molecule has 1 fully saturated rings. The van der Waals surface area contributed by atoms with Gasteiger partial charge in [0.2, 0.25) is 5.91 Å². The first-order valence-electron chi connectivity index (χ1n) is 19.3. The summed E-state index contributed by atoms with van der Waals surface area (Å²) in [5, 5.41) is 21.4. The summed E-state index contributed by atoms with van der Waals surface area (Å²) < 4.78 is 13.3. The number of nitrogens with zero attached hydrogens (tertiary/aromatic N) is 1. The highest BCUT2D eigenvalue weighted by molar-refractivity contribution is 5.90. The van der Waals surface area contributed by atoms with Gasteiger partial charge < -0.3 is 29.9 Å². The molecule has 0 radical (unpaired) electrons. The molecule has 8 heteroatoms. The maximum atomic E-state index is 12.7. The second-order valence-electron chi connectivity index (χ2n) is 13.8. The van der Waals surface area contributed by atoms with Gasteiger partial charge in [-0.05, 0) is 62.0 Å². The maximum Gasteiger partial charge on any atom is 0.303 e. The fraction of sp³-hybridized carbons (Fsp3) is 0.659. The molecule has 2 aromatic carbocycles. The number of hydrogen-bond donors (Lipinski definition) is 3. The summed E-state index contributed by atoms with van der Waals surface area (Å²) in [4.78, 5) is 26.0. The fourth-order valence-electron chi connectivity index (χ4n) is 6.57. The van der Waals surface area contributed by atoms with Crippen molar-refractivity contribution in [1.29, 1.82) is 0 Å². The van der Waals surface area contributed by atoms with Crippen LogP contribution in [0.3, 0.4) is 0 Å². The molecule has 1 aliphatic rings. The number of anilines is 1. The van der Waals surface area contributed by atoms with Crippen LogP contribution in [-0.2, 0) is 25.7 Å². The van der Waals surface area contributed by atoms with E-state index in [0.717, 1.165) is 42.7 Å². The standard InChI is InChI=1S/C41H64N2O6/c1-3-5-7-9-11-16-27-43(28-17-12-10-8-6-4-2)31-37-30-38(34-25-23-33(32-44)24-26-34)49-41(48-37)35-19-18-20-36(29-35)42-39(45)21-14-13-15-22-40(46)47/h18-20,23-26,29,37-38,41,44H,3-17,21-22,27-28,30-32H2,1-2H3,(H,42,45)(H,46,47)/t37-,38+,41+/m1/s1. The first-order chi connectivity index (χ1) is 23.9. The molecule has 0 bridgehead atoms. The van der Waals surface area contributed by atoms with Crippen molar-refractivity contribution in [2.75, 3.05) is 25.0 Å². The molecule has 0 aromatic heterocycles. The van der Waals surface area contributed by atoms with Gasteiger partial charge in [0, 0.05) is 37.1 Å². The third-order valence-corrected chi connectivity index (χ3v) is 9.47. The highest BCUT2D eigenvalue weighted by Gasteiger charge is 2.33. The number of carboxylic acid groups (broad SMARTS) is 1. The van der Waals surface area contributed by atoms with Gasteiger partial charge in [-0.15, -0.1) is 0 Å². The molecule has 8 nitrogen and oxygen atoms in total. The smallest absolute Gasteiger partial charge is 0.303 e. The second kappa shape index (κ2) is 24.4. The molecule has 3 N–H and O–H groups in total. The molecule has 1 aliphatic heterocycles. The Morgan fingerprint density at radius 1 is 0.755 bits per heavy atom. The minimum atomic E-state index is -0.802. The molecule has 2 aromatic rings. The van der Waals surface area contributed by atoms with Crippen LogP contribution < -0.4 is 5.32 Å². The van der Waals surface area contributed by atoms with Crippen molar-refractivity contribution in [3.05, 3.63) is 65.2 Å². The Morgan fingerprint density at radius 2 is 1.37 bits per heavy atom. The quantitative estimate of drug-likeness (QED) is 0.0849. The van der Waals surface area contributed by atoms with Crippen LogP contribution in [-0.4, -0.2) is 52.7 Å². The molecule has 3 rings (SSSR count). The molecule has 0 saturated carbocycles. The summed E-state index contributed by atoms with van der Waals surface area (Å²) in [6, 6.07) is 15.7. The predicted molar refractivity (Wildman–Crippen MR) is 197 cm³/mol. The molecule has 1 heterocycles. The van der Waals surface area contributed by atoms with Crippen molar-refractivity contribution in [3.63, 3.8) is 0 Å². The Labute approximate surface area is 296 Å². The van der Waals surface area contributed by atoms with Crippen molar-refractivity contribution >= 4 is 17.6 Å². The molecular formula is C41H64N2O6. The zero-order valence-electron chi connectivity index (χ0n) is 30.4. The number of unbranched alkanes of at least 4 members (excludes halogenated alkanes) is 12. The van der Waals surface area contributed by atoms with Crippen LogP contribution in [0.25, 0.3) is 0 Å². The van der Waals surface area contributed by atoms with E-state index in [4.69, 9.17) is 14.6 Å². The zero-order chi connectivity index (χ0) is 35.1. The normalized spacial score (nSPS) is 17.8. The van der Waals surface area contributed by atoms with Gasteiger partial charge in [-0.2, -0.15) is 0 Å². The van der Waals surface area contributed by atoms with Gasteiger partial charge >= 0.3 is 5.97 Å². The first-order valence-corrected chi connectivity index (χ1v) is 19.3. The summed E-state index contributed by atoms with van der Waals surface area (Å²) in [6.45, 7) is 7.56. The van der Waals surface area contributed by atoms with Crippen LogP contribution in [0.1, 0.15) is 159 Å². The molecule has 0 aliphatic carbocycles. The SMILES string of the molecule is CCCCCCCCN(CCCCCCCC)C[C@H]1C[C@@H](c2ccc(CO)cc2)O[C@@H](c2cccc(NC(=O)CCCCCC(=O)O)c2)O1. The number of aliphatic hydroxyl groups is 1. The molecule has 1 amide bonds. The van der Waals surface area contributed by atoms with E-state index < -0.39 is 12.3 Å². The summed E-state index contributed by atoms with van der Waals surface area (Å²) in [6.07, 6.45) is 17.8. The zero-order valence-corrected chi connectivity index (χ0v) is 30.4. The minimum Gasteiger partial charge on any atom is -0.481 e. The van der Waals surface area contributed by atoms with Crippen LogP contribution in [0.4, 0.5) is 5.69 Å². The monoisotopic (exact) mass is 680 g/mol. The van der Waals surface area contributed by atoms with Gasteiger partial charge in [0.15, 0.2) is 6.29 Å². The summed E-state index contributed by atoms with van der Waals surface area (Å²) in [5.41, 5.74) is 3.50. The maximum absolute atomic E-state index is 12.7. The minimum absolute atomic E-state index is 0.00681.